The van der Waals surface area contributed by atoms with Gasteiger partial charge in [-0.1, -0.05) is 19.9 Å². The van der Waals surface area contributed by atoms with E-state index in [-0.39, 0.29) is 23.7 Å². The van der Waals surface area contributed by atoms with Crippen molar-refractivity contribution in [2.45, 2.75) is 26.7 Å². The minimum Gasteiger partial charge on any atom is -0.326 e. The number of nitrogens with one attached hydrogen (secondary N) is 3. The Morgan fingerprint density at radius 1 is 1.24 bits per heavy atom. The molecule has 0 bridgehead atoms. The third-order valence-electron chi connectivity index (χ3n) is 3.49. The van der Waals surface area contributed by atoms with Crippen LogP contribution in [0.1, 0.15) is 26.7 Å². The summed E-state index contributed by atoms with van der Waals surface area (Å²) in [5.74, 6) is 0.110. The monoisotopic (exact) mass is 289 g/mol. The van der Waals surface area contributed by atoms with Gasteiger partial charge in [0.05, 0.1) is 0 Å². The maximum Gasteiger partial charge on any atom is 0.228 e. The van der Waals surface area contributed by atoms with Gasteiger partial charge >= 0.3 is 0 Å². The van der Waals surface area contributed by atoms with E-state index in [1.54, 1.807) is 6.07 Å². The molecule has 0 spiro atoms. The second-order valence-electron chi connectivity index (χ2n) is 5.54. The molecule has 1 saturated carbocycles. The molecule has 5 nitrogen and oxygen atoms in total. The molecule has 0 aliphatic heterocycles. The number of benzene rings is 1. The van der Waals surface area contributed by atoms with E-state index < -0.39 is 0 Å². The molecule has 1 fully saturated rings. The van der Waals surface area contributed by atoms with E-state index in [1.807, 2.05) is 32.0 Å². The van der Waals surface area contributed by atoms with E-state index in [9.17, 15) is 9.59 Å². The van der Waals surface area contributed by atoms with Gasteiger partial charge in [-0.2, -0.15) is 0 Å². The normalized spacial score (nSPS) is 15.3. The van der Waals surface area contributed by atoms with Crippen molar-refractivity contribution in [3.8, 4) is 0 Å². The largest absolute Gasteiger partial charge is 0.326 e. The summed E-state index contributed by atoms with van der Waals surface area (Å²) >= 11 is 0. The van der Waals surface area contributed by atoms with Gasteiger partial charge in [0, 0.05) is 29.8 Å². The standard InChI is InChI=1S/C16H23N3O2/c1-3-17-10-11(2)15(20)18-13-5-4-6-14(9-13)19-16(21)12-7-8-12/h4-6,9,11-12,17H,3,7-8,10H2,1-2H3,(H,18,20)(H,19,21). The number of amides is 2. The fourth-order valence-corrected chi connectivity index (χ4v) is 1.98. The van der Waals surface area contributed by atoms with Gasteiger partial charge in [-0.15, -0.1) is 0 Å². The van der Waals surface area contributed by atoms with Crippen molar-refractivity contribution in [3.05, 3.63) is 24.3 Å². The number of hydrogen-bond donors (Lipinski definition) is 3. The third kappa shape index (κ3) is 4.86. The van der Waals surface area contributed by atoms with E-state index in [4.69, 9.17) is 0 Å². The number of anilines is 2. The Bertz CT molecular complexity index is 512. The number of rotatable bonds is 7. The number of carbonyl (C=O) groups excluding carboxylic acids is 2. The predicted octanol–water partition coefficient (Wildman–Crippen LogP) is 2.22. The van der Waals surface area contributed by atoms with Crippen molar-refractivity contribution in [2.24, 2.45) is 11.8 Å². The Morgan fingerprint density at radius 3 is 2.52 bits per heavy atom. The molecule has 2 amide bonds. The van der Waals surface area contributed by atoms with Crippen molar-refractivity contribution in [2.75, 3.05) is 23.7 Å². The molecule has 1 aliphatic rings. The van der Waals surface area contributed by atoms with E-state index in [0.29, 0.717) is 12.2 Å². The highest BCUT2D eigenvalue weighted by Crippen LogP contribution is 2.30. The summed E-state index contributed by atoms with van der Waals surface area (Å²) in [5.41, 5.74) is 1.43. The first kappa shape index (κ1) is 15.5. The molecule has 114 valence electrons. The lowest BCUT2D eigenvalue weighted by Gasteiger charge is -2.13. The summed E-state index contributed by atoms with van der Waals surface area (Å²) in [6.07, 6.45) is 1.95. The zero-order valence-electron chi connectivity index (χ0n) is 12.6. The number of hydrogen-bond acceptors (Lipinski definition) is 3. The maximum absolute atomic E-state index is 12.0. The molecule has 21 heavy (non-hydrogen) atoms. The van der Waals surface area contributed by atoms with Crippen molar-refractivity contribution < 1.29 is 9.59 Å². The zero-order chi connectivity index (χ0) is 15.2. The highest BCUT2D eigenvalue weighted by Gasteiger charge is 2.29. The second kappa shape index (κ2) is 7.22. The van der Waals surface area contributed by atoms with Crippen LogP contribution in [0.4, 0.5) is 11.4 Å². The molecule has 0 heterocycles. The lowest BCUT2D eigenvalue weighted by molar-refractivity contribution is -0.119. The van der Waals surface area contributed by atoms with Crippen LogP contribution in [0.5, 0.6) is 0 Å². The molecule has 0 aromatic heterocycles. The van der Waals surface area contributed by atoms with Crippen LogP contribution in [-0.4, -0.2) is 24.9 Å². The first-order chi connectivity index (χ1) is 10.1. The van der Waals surface area contributed by atoms with Crippen molar-refractivity contribution in [1.82, 2.24) is 5.32 Å². The van der Waals surface area contributed by atoms with Gasteiger partial charge in [-0.3, -0.25) is 9.59 Å². The third-order valence-corrected chi connectivity index (χ3v) is 3.49. The average molecular weight is 289 g/mol. The molecule has 3 N–H and O–H groups in total. The highest BCUT2D eigenvalue weighted by molar-refractivity contribution is 5.96. The summed E-state index contributed by atoms with van der Waals surface area (Å²) in [6.45, 7) is 5.40. The van der Waals surface area contributed by atoms with Gasteiger partial charge in [0.15, 0.2) is 0 Å². The smallest absolute Gasteiger partial charge is 0.228 e. The molecular formula is C16H23N3O2. The van der Waals surface area contributed by atoms with E-state index in [1.165, 1.54) is 0 Å². The van der Waals surface area contributed by atoms with Crippen LogP contribution in [0.15, 0.2) is 24.3 Å². The molecule has 1 atom stereocenters. The summed E-state index contributed by atoms with van der Waals surface area (Å²) in [6, 6.07) is 7.27. The first-order valence-corrected chi connectivity index (χ1v) is 7.52. The quantitative estimate of drug-likeness (QED) is 0.721. The second-order valence-corrected chi connectivity index (χ2v) is 5.54. The molecule has 5 heteroatoms. The van der Waals surface area contributed by atoms with Crippen LogP contribution in [0.25, 0.3) is 0 Å². The van der Waals surface area contributed by atoms with Gasteiger partial charge in [-0.05, 0) is 37.6 Å². The van der Waals surface area contributed by atoms with Crippen LogP contribution in [0.3, 0.4) is 0 Å². The Morgan fingerprint density at radius 2 is 1.90 bits per heavy atom. The van der Waals surface area contributed by atoms with E-state index in [2.05, 4.69) is 16.0 Å². The van der Waals surface area contributed by atoms with Crippen LogP contribution < -0.4 is 16.0 Å². The lowest BCUT2D eigenvalue weighted by Crippen LogP contribution is -2.30. The molecular weight excluding hydrogens is 266 g/mol. The van der Waals surface area contributed by atoms with Crippen molar-refractivity contribution in [1.29, 1.82) is 0 Å². The average Bonchev–Trinajstić information content (AvgIpc) is 3.29. The Hall–Kier alpha value is -1.88. The summed E-state index contributed by atoms with van der Waals surface area (Å²) in [5, 5.41) is 8.91. The Labute approximate surface area is 125 Å². The Balaban J connectivity index is 1.90. The van der Waals surface area contributed by atoms with Gasteiger partial charge < -0.3 is 16.0 Å². The zero-order valence-corrected chi connectivity index (χ0v) is 12.6. The molecule has 0 radical (unpaired) electrons. The van der Waals surface area contributed by atoms with Crippen molar-refractivity contribution >= 4 is 23.2 Å². The van der Waals surface area contributed by atoms with Crippen LogP contribution >= 0.6 is 0 Å². The molecule has 1 aromatic rings. The molecule has 1 aromatic carbocycles. The number of carbonyl (C=O) groups is 2. The minimum atomic E-state index is -0.102. The van der Waals surface area contributed by atoms with Crippen LogP contribution in [-0.2, 0) is 9.59 Å². The highest BCUT2D eigenvalue weighted by atomic mass is 16.2. The summed E-state index contributed by atoms with van der Waals surface area (Å²) in [7, 11) is 0. The molecule has 2 rings (SSSR count). The predicted molar refractivity (Wildman–Crippen MR) is 84.1 cm³/mol. The molecule has 1 aliphatic carbocycles. The summed E-state index contributed by atoms with van der Waals surface area (Å²) < 4.78 is 0. The fraction of sp³-hybridized carbons (Fsp3) is 0.500. The fourth-order valence-electron chi connectivity index (χ4n) is 1.98. The molecule has 0 saturated heterocycles. The van der Waals surface area contributed by atoms with Crippen molar-refractivity contribution in [3.63, 3.8) is 0 Å². The Kier molecular flexibility index (Phi) is 5.33. The SMILES string of the molecule is CCNCC(C)C(=O)Nc1cccc(NC(=O)C2CC2)c1. The van der Waals surface area contributed by atoms with Gasteiger partial charge in [-0.25, -0.2) is 0 Å². The van der Waals surface area contributed by atoms with E-state index in [0.717, 1.165) is 25.1 Å². The minimum absolute atomic E-state index is 0.0263. The first-order valence-electron chi connectivity index (χ1n) is 7.52. The molecule has 1 unspecified atom stereocenters. The lowest BCUT2D eigenvalue weighted by atomic mass is 10.1. The van der Waals surface area contributed by atoms with Crippen LogP contribution in [0, 0.1) is 11.8 Å². The van der Waals surface area contributed by atoms with E-state index >= 15 is 0 Å². The maximum atomic E-state index is 12.0. The van der Waals surface area contributed by atoms with Gasteiger partial charge in [0.2, 0.25) is 11.8 Å². The topological polar surface area (TPSA) is 70.2 Å². The van der Waals surface area contributed by atoms with Gasteiger partial charge in [0.1, 0.15) is 0 Å². The van der Waals surface area contributed by atoms with Crippen LogP contribution in [0.2, 0.25) is 0 Å². The van der Waals surface area contributed by atoms with Gasteiger partial charge in [0.25, 0.3) is 0 Å². The summed E-state index contributed by atoms with van der Waals surface area (Å²) in [4.78, 5) is 23.8.